The van der Waals surface area contributed by atoms with Gasteiger partial charge in [0.1, 0.15) is 0 Å². The zero-order chi connectivity index (χ0) is 32.3. The van der Waals surface area contributed by atoms with Crippen molar-refractivity contribution in [3.63, 3.8) is 0 Å². The van der Waals surface area contributed by atoms with Crippen molar-refractivity contribution >= 4 is 35.3 Å². The Morgan fingerprint density at radius 3 is 2.11 bits per heavy atom. The molecule has 4 rings (SSSR count). The second-order valence-corrected chi connectivity index (χ2v) is 12.9. The number of hydrogen-bond acceptors (Lipinski definition) is 5. The fourth-order valence-electron chi connectivity index (χ4n) is 5.17. The standard InChI is InChI=1S/C31H35F6N3O3S/c1-29(2,3)28(42)40-13-11-21(12-14-40)38-22-5-4-6-23(19-22)44-24-9-7-20(8-10-25(41)39-15-17-43-18-16-39)26(30(32,33)34)27(24)31(35,36)37/h4-10,19,21,38H,11-18H2,1-3H3. The number of anilines is 1. The number of hydrogen-bond donors (Lipinski definition) is 1. The van der Waals surface area contributed by atoms with E-state index in [1.807, 2.05) is 25.7 Å². The highest BCUT2D eigenvalue weighted by Crippen LogP contribution is 2.48. The summed E-state index contributed by atoms with van der Waals surface area (Å²) in [6.45, 7) is 7.74. The number of alkyl halides is 6. The predicted molar refractivity (Wildman–Crippen MR) is 156 cm³/mol. The Kier molecular flexibility index (Phi) is 10.3. The first kappa shape index (κ1) is 33.7. The van der Waals surface area contributed by atoms with Crippen LogP contribution in [0.25, 0.3) is 6.08 Å². The van der Waals surface area contributed by atoms with Crippen molar-refractivity contribution in [2.45, 2.75) is 61.8 Å². The number of nitrogens with one attached hydrogen (secondary N) is 1. The van der Waals surface area contributed by atoms with Gasteiger partial charge in [-0.25, -0.2) is 0 Å². The van der Waals surface area contributed by atoms with Gasteiger partial charge in [-0.05, 0) is 48.7 Å². The average Bonchev–Trinajstić information content (AvgIpc) is 2.95. The first-order valence-electron chi connectivity index (χ1n) is 14.2. The van der Waals surface area contributed by atoms with E-state index in [0.717, 1.165) is 24.3 Å². The molecular formula is C31H35F6N3O3S. The molecule has 0 spiro atoms. The zero-order valence-electron chi connectivity index (χ0n) is 24.6. The summed E-state index contributed by atoms with van der Waals surface area (Å²) in [4.78, 5) is 27.9. The molecule has 2 fully saturated rings. The minimum Gasteiger partial charge on any atom is -0.382 e. The van der Waals surface area contributed by atoms with Gasteiger partial charge < -0.3 is 19.9 Å². The van der Waals surface area contributed by atoms with Gasteiger partial charge in [-0.1, -0.05) is 44.7 Å². The SMILES string of the molecule is CC(C)(C)C(=O)N1CCC(Nc2cccc(Sc3ccc(C=CC(=O)N4CCOCC4)c(C(F)(F)F)c3C(F)(F)F)c2)CC1. The third kappa shape index (κ3) is 8.50. The van der Waals surface area contributed by atoms with E-state index < -0.39 is 45.3 Å². The van der Waals surface area contributed by atoms with Crippen molar-refractivity contribution in [3.05, 3.63) is 59.2 Å². The molecule has 2 aliphatic heterocycles. The van der Waals surface area contributed by atoms with Gasteiger partial charge in [0.15, 0.2) is 0 Å². The summed E-state index contributed by atoms with van der Waals surface area (Å²) in [5.74, 6) is -0.539. The molecule has 0 unspecified atom stereocenters. The van der Waals surface area contributed by atoms with E-state index >= 15 is 0 Å². The molecule has 2 heterocycles. The highest BCUT2D eigenvalue weighted by molar-refractivity contribution is 7.99. The first-order valence-corrected chi connectivity index (χ1v) is 15.1. The minimum atomic E-state index is -5.34. The molecule has 0 saturated carbocycles. The van der Waals surface area contributed by atoms with E-state index in [-0.39, 0.29) is 38.3 Å². The molecular weight excluding hydrogens is 608 g/mol. The summed E-state index contributed by atoms with van der Waals surface area (Å²) >= 11 is 0.584. The number of rotatable bonds is 6. The number of nitrogens with zero attached hydrogens (tertiary/aromatic N) is 2. The minimum absolute atomic E-state index is 0.0214. The predicted octanol–water partition coefficient (Wildman–Crippen LogP) is 7.20. The fourth-order valence-corrected chi connectivity index (χ4v) is 6.22. The van der Waals surface area contributed by atoms with Gasteiger partial charge in [0.25, 0.3) is 0 Å². The molecule has 2 amide bonds. The highest BCUT2D eigenvalue weighted by atomic mass is 32.2. The van der Waals surface area contributed by atoms with Crippen LogP contribution in [0.3, 0.4) is 0 Å². The number of benzene rings is 2. The van der Waals surface area contributed by atoms with Gasteiger partial charge in [0.05, 0.1) is 24.3 Å². The molecule has 2 aliphatic rings. The molecule has 2 aromatic rings. The second-order valence-electron chi connectivity index (χ2n) is 11.8. The third-order valence-electron chi connectivity index (χ3n) is 7.35. The van der Waals surface area contributed by atoms with Crippen molar-refractivity contribution in [2.75, 3.05) is 44.7 Å². The lowest BCUT2D eigenvalue weighted by molar-refractivity contribution is -0.163. The maximum absolute atomic E-state index is 14.3. The van der Waals surface area contributed by atoms with Crippen molar-refractivity contribution in [1.82, 2.24) is 9.80 Å². The quantitative estimate of drug-likeness (QED) is 0.267. The Hall–Kier alpha value is -3.19. The molecule has 0 atom stereocenters. The third-order valence-corrected chi connectivity index (χ3v) is 8.40. The average molecular weight is 644 g/mol. The van der Waals surface area contributed by atoms with Gasteiger partial charge in [0, 0.05) is 59.2 Å². The number of morpholine rings is 1. The maximum atomic E-state index is 14.3. The Morgan fingerprint density at radius 1 is 0.886 bits per heavy atom. The molecule has 13 heteroatoms. The smallest absolute Gasteiger partial charge is 0.382 e. The molecule has 6 nitrogen and oxygen atoms in total. The van der Waals surface area contributed by atoms with Gasteiger partial charge in [-0.2, -0.15) is 26.3 Å². The van der Waals surface area contributed by atoms with Crippen LogP contribution in [0.2, 0.25) is 0 Å². The van der Waals surface area contributed by atoms with E-state index in [2.05, 4.69) is 5.32 Å². The summed E-state index contributed by atoms with van der Waals surface area (Å²) in [7, 11) is 0. The van der Waals surface area contributed by atoms with Crippen LogP contribution in [0.4, 0.5) is 32.0 Å². The van der Waals surface area contributed by atoms with E-state index in [4.69, 9.17) is 4.74 Å². The second kappa shape index (κ2) is 13.4. The van der Waals surface area contributed by atoms with E-state index in [0.29, 0.717) is 48.3 Å². The monoisotopic (exact) mass is 643 g/mol. The number of amides is 2. The van der Waals surface area contributed by atoms with Crippen molar-refractivity contribution in [2.24, 2.45) is 5.41 Å². The Labute approximate surface area is 256 Å². The normalized spacial score (nSPS) is 17.3. The number of likely N-dealkylation sites (tertiary alicyclic amines) is 1. The molecule has 0 aliphatic carbocycles. The molecule has 2 saturated heterocycles. The van der Waals surface area contributed by atoms with Crippen LogP contribution < -0.4 is 5.32 Å². The molecule has 2 aromatic carbocycles. The number of ether oxygens (including phenoxy) is 1. The number of halogens is 6. The Balaban J connectivity index is 1.56. The van der Waals surface area contributed by atoms with Gasteiger partial charge in [0.2, 0.25) is 11.8 Å². The number of carbonyl (C=O) groups excluding carboxylic acids is 2. The maximum Gasteiger partial charge on any atom is 0.418 e. The summed E-state index contributed by atoms with van der Waals surface area (Å²) < 4.78 is 90.7. The van der Waals surface area contributed by atoms with Gasteiger partial charge in [-0.3, -0.25) is 9.59 Å². The summed E-state index contributed by atoms with van der Waals surface area (Å²) in [5, 5.41) is 3.34. The topological polar surface area (TPSA) is 61.9 Å². The fraction of sp³-hybridized carbons (Fsp3) is 0.484. The van der Waals surface area contributed by atoms with Crippen molar-refractivity contribution in [3.8, 4) is 0 Å². The van der Waals surface area contributed by atoms with Crippen molar-refractivity contribution in [1.29, 1.82) is 0 Å². The van der Waals surface area contributed by atoms with Gasteiger partial charge in [-0.15, -0.1) is 0 Å². The molecule has 0 aromatic heterocycles. The van der Waals surface area contributed by atoms with Crippen LogP contribution in [-0.2, 0) is 26.7 Å². The molecule has 0 radical (unpaired) electrons. The number of piperidine rings is 1. The van der Waals surface area contributed by atoms with Crippen LogP contribution in [0.5, 0.6) is 0 Å². The Bertz CT molecular complexity index is 1370. The largest absolute Gasteiger partial charge is 0.418 e. The van der Waals surface area contributed by atoms with E-state index in [1.54, 1.807) is 18.2 Å². The lowest BCUT2D eigenvalue weighted by Gasteiger charge is -2.36. The Morgan fingerprint density at radius 2 is 1.52 bits per heavy atom. The molecule has 1 N–H and O–H groups in total. The summed E-state index contributed by atoms with van der Waals surface area (Å²) in [6, 6.07) is 8.47. The van der Waals surface area contributed by atoms with Gasteiger partial charge >= 0.3 is 12.4 Å². The van der Waals surface area contributed by atoms with Crippen LogP contribution in [0.1, 0.15) is 50.3 Å². The lowest BCUT2D eigenvalue weighted by atomic mass is 9.93. The van der Waals surface area contributed by atoms with E-state index in [1.165, 1.54) is 11.0 Å². The van der Waals surface area contributed by atoms with Crippen LogP contribution in [-0.4, -0.2) is 67.0 Å². The zero-order valence-corrected chi connectivity index (χ0v) is 25.5. The van der Waals surface area contributed by atoms with Crippen molar-refractivity contribution < 1.29 is 40.7 Å². The lowest BCUT2D eigenvalue weighted by Crippen LogP contribution is -2.46. The summed E-state index contributed by atoms with van der Waals surface area (Å²) in [6.07, 6.45) is -7.66. The highest BCUT2D eigenvalue weighted by Gasteiger charge is 2.46. The first-order chi connectivity index (χ1) is 20.5. The van der Waals surface area contributed by atoms with Crippen LogP contribution >= 0.6 is 11.8 Å². The van der Waals surface area contributed by atoms with E-state index in [9.17, 15) is 35.9 Å². The van der Waals surface area contributed by atoms with Crippen LogP contribution in [0, 0.1) is 5.41 Å². The number of carbonyl (C=O) groups is 2. The summed E-state index contributed by atoms with van der Waals surface area (Å²) in [5.41, 5.74) is -4.26. The molecule has 0 bridgehead atoms. The van der Waals surface area contributed by atoms with Crippen LogP contribution in [0.15, 0.2) is 52.3 Å². The molecule has 44 heavy (non-hydrogen) atoms. The molecule has 240 valence electrons.